The molecule has 2 aromatic carbocycles. The lowest BCUT2D eigenvalue weighted by Crippen LogP contribution is -2.22. The molecule has 0 radical (unpaired) electrons. The van der Waals surface area contributed by atoms with Crippen molar-refractivity contribution in [3.8, 4) is 5.75 Å². The molecule has 1 heterocycles. The third-order valence-corrected chi connectivity index (χ3v) is 4.04. The van der Waals surface area contributed by atoms with Crippen molar-refractivity contribution in [1.82, 2.24) is 0 Å². The SMILES string of the molecule is CCOc1ccccc1NC(=O)c1oc2ccccc2c1NC(=O)[C@@H](C)Cl. The lowest BCUT2D eigenvalue weighted by atomic mass is 10.2. The number of amides is 2. The Morgan fingerprint density at radius 1 is 1.11 bits per heavy atom. The topological polar surface area (TPSA) is 80.6 Å². The quantitative estimate of drug-likeness (QED) is 0.604. The first-order valence-corrected chi connectivity index (χ1v) is 8.94. The number of ether oxygens (including phenoxy) is 1. The second kappa shape index (κ2) is 8.14. The fourth-order valence-corrected chi connectivity index (χ4v) is 2.64. The van der Waals surface area contributed by atoms with Crippen LogP contribution >= 0.6 is 11.6 Å². The van der Waals surface area contributed by atoms with Crippen molar-refractivity contribution >= 4 is 45.8 Å². The van der Waals surface area contributed by atoms with Gasteiger partial charge in [-0.2, -0.15) is 0 Å². The number of benzene rings is 2. The highest BCUT2D eigenvalue weighted by Gasteiger charge is 2.24. The zero-order chi connectivity index (χ0) is 19.4. The molecule has 0 saturated heterocycles. The number of para-hydroxylation sites is 3. The van der Waals surface area contributed by atoms with Gasteiger partial charge in [0.2, 0.25) is 11.7 Å². The summed E-state index contributed by atoms with van der Waals surface area (Å²) in [6.45, 7) is 3.88. The van der Waals surface area contributed by atoms with E-state index in [9.17, 15) is 9.59 Å². The molecular formula is C20H19ClN2O4. The molecule has 0 bridgehead atoms. The maximum Gasteiger partial charge on any atom is 0.293 e. The molecule has 27 heavy (non-hydrogen) atoms. The average Bonchev–Trinajstić information content (AvgIpc) is 3.02. The number of carbonyl (C=O) groups excluding carboxylic acids is 2. The molecule has 0 saturated carbocycles. The molecule has 0 aliphatic heterocycles. The van der Waals surface area contributed by atoms with E-state index < -0.39 is 17.2 Å². The van der Waals surface area contributed by atoms with Gasteiger partial charge in [0.15, 0.2) is 0 Å². The summed E-state index contributed by atoms with van der Waals surface area (Å²) in [4.78, 5) is 25.0. The highest BCUT2D eigenvalue weighted by atomic mass is 35.5. The number of rotatable bonds is 6. The predicted molar refractivity (Wildman–Crippen MR) is 106 cm³/mol. The fourth-order valence-electron chi connectivity index (χ4n) is 2.58. The minimum atomic E-state index is -0.756. The van der Waals surface area contributed by atoms with E-state index in [1.807, 2.05) is 13.0 Å². The van der Waals surface area contributed by atoms with Crippen LogP contribution in [0.2, 0.25) is 0 Å². The van der Waals surface area contributed by atoms with Gasteiger partial charge in [-0.15, -0.1) is 11.6 Å². The van der Waals surface area contributed by atoms with Crippen molar-refractivity contribution in [1.29, 1.82) is 0 Å². The van der Waals surface area contributed by atoms with Gasteiger partial charge in [-0.05, 0) is 38.1 Å². The minimum absolute atomic E-state index is 0.00633. The van der Waals surface area contributed by atoms with Crippen LogP contribution in [0.15, 0.2) is 52.9 Å². The minimum Gasteiger partial charge on any atom is -0.492 e. The molecule has 2 N–H and O–H groups in total. The van der Waals surface area contributed by atoms with E-state index in [1.54, 1.807) is 49.4 Å². The zero-order valence-corrected chi connectivity index (χ0v) is 15.7. The number of alkyl halides is 1. The van der Waals surface area contributed by atoms with E-state index >= 15 is 0 Å². The first-order valence-electron chi connectivity index (χ1n) is 8.51. The molecule has 3 aromatic rings. The fraction of sp³-hybridized carbons (Fsp3) is 0.200. The van der Waals surface area contributed by atoms with Crippen molar-refractivity contribution in [2.24, 2.45) is 0 Å². The van der Waals surface area contributed by atoms with E-state index in [-0.39, 0.29) is 11.4 Å². The van der Waals surface area contributed by atoms with Gasteiger partial charge in [0, 0.05) is 5.39 Å². The second-order valence-corrected chi connectivity index (χ2v) is 6.45. The molecular weight excluding hydrogens is 368 g/mol. The smallest absolute Gasteiger partial charge is 0.293 e. The van der Waals surface area contributed by atoms with Crippen LogP contribution in [0.5, 0.6) is 5.75 Å². The Balaban J connectivity index is 1.98. The summed E-state index contributed by atoms with van der Waals surface area (Å²) in [6, 6.07) is 14.2. The van der Waals surface area contributed by atoms with Gasteiger partial charge in [0.25, 0.3) is 5.91 Å². The van der Waals surface area contributed by atoms with Crippen molar-refractivity contribution in [3.05, 3.63) is 54.3 Å². The van der Waals surface area contributed by atoms with E-state index in [1.165, 1.54) is 0 Å². The Morgan fingerprint density at radius 2 is 1.81 bits per heavy atom. The van der Waals surface area contributed by atoms with Crippen LogP contribution in [-0.2, 0) is 4.79 Å². The third kappa shape index (κ3) is 4.06. The Bertz CT molecular complexity index is 981. The normalized spacial score (nSPS) is 11.8. The van der Waals surface area contributed by atoms with Gasteiger partial charge in [-0.1, -0.05) is 24.3 Å². The zero-order valence-electron chi connectivity index (χ0n) is 14.9. The van der Waals surface area contributed by atoms with Crippen LogP contribution in [0.25, 0.3) is 11.0 Å². The molecule has 3 rings (SSSR count). The van der Waals surface area contributed by atoms with Gasteiger partial charge < -0.3 is 19.8 Å². The first-order chi connectivity index (χ1) is 13.0. The Labute approximate surface area is 161 Å². The third-order valence-electron chi connectivity index (χ3n) is 3.85. The standard InChI is InChI=1S/C20H19ClN2O4/c1-3-26-16-11-7-5-9-14(16)22-20(25)18-17(23-19(24)12(2)21)13-8-4-6-10-15(13)27-18/h4-12H,3H2,1-2H3,(H,22,25)(H,23,24)/t12-/m1/s1. The Hall–Kier alpha value is -2.99. The van der Waals surface area contributed by atoms with E-state index in [4.69, 9.17) is 20.8 Å². The van der Waals surface area contributed by atoms with Crippen molar-refractivity contribution < 1.29 is 18.7 Å². The monoisotopic (exact) mass is 386 g/mol. The van der Waals surface area contributed by atoms with Crippen molar-refractivity contribution in [2.45, 2.75) is 19.2 Å². The van der Waals surface area contributed by atoms with Crippen LogP contribution in [0.4, 0.5) is 11.4 Å². The molecule has 0 unspecified atom stereocenters. The van der Waals surface area contributed by atoms with Crippen LogP contribution in [0.3, 0.4) is 0 Å². The predicted octanol–water partition coefficient (Wildman–Crippen LogP) is 4.65. The highest BCUT2D eigenvalue weighted by molar-refractivity contribution is 6.33. The van der Waals surface area contributed by atoms with E-state index in [0.717, 1.165) is 0 Å². The molecule has 0 aliphatic rings. The maximum absolute atomic E-state index is 12.9. The molecule has 1 atom stereocenters. The number of furan rings is 1. The Kier molecular flexibility index (Phi) is 5.66. The largest absolute Gasteiger partial charge is 0.492 e. The summed E-state index contributed by atoms with van der Waals surface area (Å²) in [5.41, 5.74) is 1.28. The molecule has 1 aromatic heterocycles. The molecule has 6 nitrogen and oxygen atoms in total. The second-order valence-electron chi connectivity index (χ2n) is 5.79. The molecule has 0 spiro atoms. The number of anilines is 2. The Morgan fingerprint density at radius 3 is 2.56 bits per heavy atom. The summed E-state index contributed by atoms with van der Waals surface area (Å²) < 4.78 is 11.2. The van der Waals surface area contributed by atoms with E-state index in [2.05, 4.69) is 10.6 Å². The van der Waals surface area contributed by atoms with Gasteiger partial charge in [0.1, 0.15) is 22.4 Å². The number of nitrogens with one attached hydrogen (secondary N) is 2. The summed E-state index contributed by atoms with van der Waals surface area (Å²) in [7, 11) is 0. The van der Waals surface area contributed by atoms with Gasteiger partial charge in [0.05, 0.1) is 12.3 Å². The number of hydrogen-bond donors (Lipinski definition) is 2. The number of hydrogen-bond acceptors (Lipinski definition) is 4. The summed E-state index contributed by atoms with van der Waals surface area (Å²) in [5, 5.41) is 5.32. The molecule has 2 amide bonds. The van der Waals surface area contributed by atoms with Gasteiger partial charge in [-0.25, -0.2) is 0 Å². The van der Waals surface area contributed by atoms with Crippen molar-refractivity contribution in [2.75, 3.05) is 17.2 Å². The van der Waals surface area contributed by atoms with Crippen LogP contribution in [0, 0.1) is 0 Å². The average molecular weight is 387 g/mol. The van der Waals surface area contributed by atoms with Gasteiger partial charge in [-0.3, -0.25) is 9.59 Å². The van der Waals surface area contributed by atoms with Gasteiger partial charge >= 0.3 is 0 Å². The molecule has 140 valence electrons. The summed E-state index contributed by atoms with van der Waals surface area (Å²) in [5.74, 6) is -0.388. The van der Waals surface area contributed by atoms with Crippen LogP contribution < -0.4 is 15.4 Å². The first kappa shape index (κ1) is 18.8. The van der Waals surface area contributed by atoms with Crippen LogP contribution in [0.1, 0.15) is 24.4 Å². The number of carbonyl (C=O) groups is 2. The summed E-state index contributed by atoms with van der Waals surface area (Å²) >= 11 is 5.85. The number of fused-ring (bicyclic) bond motifs is 1. The lowest BCUT2D eigenvalue weighted by Gasteiger charge is -2.11. The number of halogens is 1. The molecule has 7 heteroatoms. The molecule has 0 aliphatic carbocycles. The summed E-state index contributed by atoms with van der Waals surface area (Å²) in [6.07, 6.45) is 0. The lowest BCUT2D eigenvalue weighted by molar-refractivity contribution is -0.115. The maximum atomic E-state index is 12.9. The van der Waals surface area contributed by atoms with E-state index in [0.29, 0.717) is 29.0 Å². The van der Waals surface area contributed by atoms with Crippen LogP contribution in [-0.4, -0.2) is 23.8 Å². The highest BCUT2D eigenvalue weighted by Crippen LogP contribution is 2.33. The molecule has 0 fully saturated rings. The van der Waals surface area contributed by atoms with Crippen molar-refractivity contribution in [3.63, 3.8) is 0 Å².